The Labute approximate surface area is 171 Å². The summed E-state index contributed by atoms with van der Waals surface area (Å²) in [6, 6.07) is 18.0. The van der Waals surface area contributed by atoms with E-state index >= 15 is 0 Å². The standard InChI is InChI=1S/C25H28N2O2/c1-18-9-8-14-21-15-22(24(28)26-23(18)21)17-27(16-19-10-4-2-5-11-19)25(29)20-12-6-3-7-13-20/h2,4-5,8-11,14-15,20H,3,6-7,12-13,16-17H2,1H3,(H,26,28). The normalized spacial score (nSPS) is 14.8. The molecule has 1 aromatic heterocycles. The summed E-state index contributed by atoms with van der Waals surface area (Å²) in [4.78, 5) is 31.0. The number of aromatic amines is 1. The summed E-state index contributed by atoms with van der Waals surface area (Å²) in [6.45, 7) is 2.86. The van der Waals surface area contributed by atoms with Gasteiger partial charge in [0.15, 0.2) is 0 Å². The maximum atomic E-state index is 13.3. The van der Waals surface area contributed by atoms with E-state index in [0.717, 1.165) is 47.7 Å². The van der Waals surface area contributed by atoms with Gasteiger partial charge in [0.05, 0.1) is 12.1 Å². The van der Waals surface area contributed by atoms with Crippen molar-refractivity contribution < 1.29 is 4.79 Å². The highest BCUT2D eigenvalue weighted by molar-refractivity contribution is 5.82. The summed E-state index contributed by atoms with van der Waals surface area (Å²) >= 11 is 0. The van der Waals surface area contributed by atoms with Gasteiger partial charge in [0.25, 0.3) is 5.56 Å². The minimum atomic E-state index is -0.110. The smallest absolute Gasteiger partial charge is 0.253 e. The van der Waals surface area contributed by atoms with Gasteiger partial charge >= 0.3 is 0 Å². The molecule has 0 radical (unpaired) electrons. The number of hydrogen-bond acceptors (Lipinski definition) is 2. The molecule has 150 valence electrons. The fourth-order valence-corrected chi connectivity index (χ4v) is 4.37. The molecule has 2 aromatic carbocycles. The molecule has 1 fully saturated rings. The summed E-state index contributed by atoms with van der Waals surface area (Å²) in [5.74, 6) is 0.256. The molecule has 29 heavy (non-hydrogen) atoms. The number of aromatic nitrogens is 1. The maximum absolute atomic E-state index is 13.3. The van der Waals surface area contributed by atoms with Crippen molar-refractivity contribution in [3.8, 4) is 0 Å². The van der Waals surface area contributed by atoms with Gasteiger partial charge in [-0.15, -0.1) is 0 Å². The number of carbonyl (C=O) groups excluding carboxylic acids is 1. The average Bonchev–Trinajstić information content (AvgIpc) is 2.75. The zero-order valence-corrected chi connectivity index (χ0v) is 17.0. The van der Waals surface area contributed by atoms with Crippen LogP contribution < -0.4 is 5.56 Å². The summed E-state index contributed by atoms with van der Waals surface area (Å²) in [5.41, 5.74) is 3.54. The lowest BCUT2D eigenvalue weighted by molar-refractivity contribution is -0.137. The van der Waals surface area contributed by atoms with Crippen molar-refractivity contribution in [2.45, 2.75) is 52.1 Å². The molecular formula is C25H28N2O2. The molecule has 1 aliphatic rings. The van der Waals surface area contributed by atoms with E-state index in [2.05, 4.69) is 4.98 Å². The third kappa shape index (κ3) is 4.42. The van der Waals surface area contributed by atoms with Crippen molar-refractivity contribution in [1.82, 2.24) is 9.88 Å². The van der Waals surface area contributed by atoms with Gasteiger partial charge in [-0.1, -0.05) is 67.8 Å². The number of carbonyl (C=O) groups is 1. The third-order valence-electron chi connectivity index (χ3n) is 6.01. The summed E-state index contributed by atoms with van der Waals surface area (Å²) < 4.78 is 0. The molecule has 1 amide bonds. The van der Waals surface area contributed by atoms with Crippen LogP contribution in [0.4, 0.5) is 0 Å². The number of benzene rings is 2. The maximum Gasteiger partial charge on any atom is 0.253 e. The van der Waals surface area contributed by atoms with Crippen molar-refractivity contribution in [1.29, 1.82) is 0 Å². The van der Waals surface area contributed by atoms with E-state index in [0.29, 0.717) is 18.7 Å². The van der Waals surface area contributed by atoms with Crippen molar-refractivity contribution in [3.63, 3.8) is 0 Å². The van der Waals surface area contributed by atoms with Gasteiger partial charge in [0.2, 0.25) is 5.91 Å². The molecule has 0 unspecified atom stereocenters. The summed E-state index contributed by atoms with van der Waals surface area (Å²) in [6.07, 6.45) is 5.36. The van der Waals surface area contributed by atoms with E-state index in [4.69, 9.17) is 0 Å². The molecule has 1 N–H and O–H groups in total. The summed E-state index contributed by atoms with van der Waals surface area (Å²) in [5, 5.41) is 1.00. The van der Waals surface area contributed by atoms with Crippen LogP contribution in [0.2, 0.25) is 0 Å². The first kappa shape index (κ1) is 19.4. The monoisotopic (exact) mass is 388 g/mol. The van der Waals surface area contributed by atoms with Crippen LogP contribution >= 0.6 is 0 Å². The van der Waals surface area contributed by atoms with Crippen LogP contribution in [-0.2, 0) is 17.9 Å². The zero-order valence-electron chi connectivity index (χ0n) is 17.0. The Bertz CT molecular complexity index is 1050. The van der Waals surface area contributed by atoms with Gasteiger partial charge in [-0.3, -0.25) is 9.59 Å². The van der Waals surface area contributed by atoms with E-state index in [9.17, 15) is 9.59 Å². The minimum Gasteiger partial charge on any atom is -0.334 e. The molecule has 1 saturated carbocycles. The van der Waals surface area contributed by atoms with Gasteiger partial charge in [0.1, 0.15) is 0 Å². The topological polar surface area (TPSA) is 53.2 Å². The third-order valence-corrected chi connectivity index (χ3v) is 6.01. The van der Waals surface area contributed by atoms with Crippen LogP contribution in [0.3, 0.4) is 0 Å². The predicted octanol–water partition coefficient (Wildman–Crippen LogP) is 4.95. The molecule has 0 saturated heterocycles. The first-order chi connectivity index (χ1) is 14.1. The second-order valence-corrected chi connectivity index (χ2v) is 8.18. The fourth-order valence-electron chi connectivity index (χ4n) is 4.37. The first-order valence-corrected chi connectivity index (χ1v) is 10.6. The number of nitrogens with one attached hydrogen (secondary N) is 1. The zero-order chi connectivity index (χ0) is 20.2. The second kappa shape index (κ2) is 8.64. The molecule has 1 aliphatic carbocycles. The van der Waals surface area contributed by atoms with E-state index in [1.807, 2.05) is 66.4 Å². The van der Waals surface area contributed by atoms with Gasteiger partial charge < -0.3 is 9.88 Å². The van der Waals surface area contributed by atoms with E-state index in [1.54, 1.807) is 0 Å². The molecular weight excluding hydrogens is 360 g/mol. The van der Waals surface area contributed by atoms with Gasteiger partial charge in [-0.25, -0.2) is 0 Å². The number of para-hydroxylation sites is 1. The van der Waals surface area contributed by atoms with Gasteiger partial charge in [0, 0.05) is 18.0 Å². The SMILES string of the molecule is Cc1cccc2cc(CN(Cc3ccccc3)C(=O)C3CCCCC3)c(=O)[nH]c12. The number of aryl methyl sites for hydroxylation is 1. The van der Waals surface area contributed by atoms with E-state index < -0.39 is 0 Å². The molecule has 4 heteroatoms. The molecule has 4 rings (SSSR count). The Balaban J connectivity index is 1.65. The number of nitrogens with zero attached hydrogens (tertiary/aromatic N) is 1. The molecule has 4 nitrogen and oxygen atoms in total. The highest BCUT2D eigenvalue weighted by atomic mass is 16.2. The van der Waals surface area contributed by atoms with Crippen LogP contribution in [0.15, 0.2) is 59.4 Å². The average molecular weight is 389 g/mol. The first-order valence-electron chi connectivity index (χ1n) is 10.6. The quantitative estimate of drug-likeness (QED) is 0.673. The molecule has 1 heterocycles. The number of fused-ring (bicyclic) bond motifs is 1. The fraction of sp³-hybridized carbons (Fsp3) is 0.360. The minimum absolute atomic E-state index is 0.0780. The molecule has 0 aliphatic heterocycles. The Hall–Kier alpha value is -2.88. The lowest BCUT2D eigenvalue weighted by Crippen LogP contribution is -2.37. The highest BCUT2D eigenvalue weighted by Crippen LogP contribution is 2.27. The Morgan fingerprint density at radius 3 is 2.52 bits per heavy atom. The van der Waals surface area contributed by atoms with E-state index in [-0.39, 0.29) is 17.4 Å². The van der Waals surface area contributed by atoms with Crippen LogP contribution in [0.25, 0.3) is 10.9 Å². The predicted molar refractivity (Wildman–Crippen MR) is 117 cm³/mol. The largest absolute Gasteiger partial charge is 0.334 e. The van der Waals surface area contributed by atoms with Crippen molar-refractivity contribution in [2.75, 3.05) is 0 Å². The number of H-pyrrole nitrogens is 1. The summed E-state index contributed by atoms with van der Waals surface area (Å²) in [7, 11) is 0. The number of amides is 1. The van der Waals surface area contributed by atoms with Crippen molar-refractivity contribution in [2.24, 2.45) is 5.92 Å². The Morgan fingerprint density at radius 2 is 1.76 bits per heavy atom. The molecule has 0 atom stereocenters. The van der Waals surface area contributed by atoms with Crippen molar-refractivity contribution >= 4 is 16.8 Å². The highest BCUT2D eigenvalue weighted by Gasteiger charge is 2.26. The van der Waals surface area contributed by atoms with Crippen molar-refractivity contribution in [3.05, 3.63) is 81.6 Å². The van der Waals surface area contributed by atoms with Crippen LogP contribution in [0.1, 0.15) is 48.8 Å². The van der Waals surface area contributed by atoms with Crippen LogP contribution in [0.5, 0.6) is 0 Å². The van der Waals surface area contributed by atoms with Gasteiger partial charge in [-0.2, -0.15) is 0 Å². The lowest BCUT2D eigenvalue weighted by Gasteiger charge is -2.29. The molecule has 0 spiro atoms. The Kier molecular flexibility index (Phi) is 5.79. The number of rotatable bonds is 5. The number of pyridine rings is 1. The second-order valence-electron chi connectivity index (χ2n) is 8.18. The van der Waals surface area contributed by atoms with E-state index in [1.165, 1.54) is 6.42 Å². The van der Waals surface area contributed by atoms with Gasteiger partial charge in [-0.05, 0) is 42.3 Å². The number of hydrogen-bond donors (Lipinski definition) is 1. The van der Waals surface area contributed by atoms with Crippen LogP contribution in [0, 0.1) is 12.8 Å². The van der Waals surface area contributed by atoms with Crippen LogP contribution in [-0.4, -0.2) is 15.8 Å². The molecule has 3 aromatic rings. The lowest BCUT2D eigenvalue weighted by atomic mass is 9.88. The molecule has 0 bridgehead atoms. The Morgan fingerprint density at radius 1 is 1.00 bits per heavy atom.